The number of hydrogen-bond acceptors (Lipinski definition) is 3. The van der Waals surface area contributed by atoms with Gasteiger partial charge >= 0.3 is 0 Å². The third-order valence-corrected chi connectivity index (χ3v) is 3.27. The van der Waals surface area contributed by atoms with Crippen LogP contribution >= 0.6 is 11.6 Å². The molecule has 0 saturated carbocycles. The van der Waals surface area contributed by atoms with Crippen LogP contribution in [0.4, 0.5) is 5.69 Å². The van der Waals surface area contributed by atoms with Gasteiger partial charge in [0.15, 0.2) is 0 Å². The van der Waals surface area contributed by atoms with Crippen molar-refractivity contribution in [3.63, 3.8) is 0 Å². The van der Waals surface area contributed by atoms with E-state index in [0.717, 1.165) is 17.5 Å². The maximum atomic E-state index is 10.7. The molecule has 0 saturated heterocycles. The average Bonchev–Trinajstić information content (AvgIpc) is 2.48. The molecule has 0 fully saturated rings. The molecular formula is C16H13ClN2O. The van der Waals surface area contributed by atoms with E-state index in [-0.39, 0.29) is 0 Å². The van der Waals surface area contributed by atoms with Crippen LogP contribution in [-0.4, -0.2) is 13.3 Å². The first kappa shape index (κ1) is 14.1. The van der Waals surface area contributed by atoms with Crippen LogP contribution < -0.4 is 4.90 Å². The monoisotopic (exact) mass is 284 g/mol. The number of hydrogen-bond donors (Lipinski definition) is 0. The molecule has 4 heteroatoms. The number of nitrogens with zero attached hydrogens (tertiary/aromatic N) is 2. The third-order valence-electron chi connectivity index (χ3n) is 3.02. The summed E-state index contributed by atoms with van der Waals surface area (Å²) in [5.74, 6) is 0. The summed E-state index contributed by atoms with van der Waals surface area (Å²) in [6.45, 7) is 0.659. The summed E-state index contributed by atoms with van der Waals surface area (Å²) in [4.78, 5) is 12.7. The molecule has 0 bridgehead atoms. The summed E-state index contributed by atoms with van der Waals surface area (Å²) in [5, 5.41) is 9.88. The number of nitriles is 1. The SMILES string of the molecule is CN(Cc1ccc(Cl)cc1)c1ccc(C=O)cc1C#N. The van der Waals surface area contributed by atoms with Gasteiger partial charge in [-0.1, -0.05) is 23.7 Å². The van der Waals surface area contributed by atoms with Crippen LogP contribution in [0.1, 0.15) is 21.5 Å². The number of rotatable bonds is 4. The second-order valence-electron chi connectivity index (χ2n) is 4.49. The van der Waals surface area contributed by atoms with Crippen LogP contribution in [-0.2, 0) is 6.54 Å². The van der Waals surface area contributed by atoms with E-state index in [4.69, 9.17) is 11.6 Å². The number of carbonyl (C=O) groups excluding carboxylic acids is 1. The Balaban J connectivity index is 2.25. The minimum Gasteiger partial charge on any atom is -0.369 e. The molecule has 100 valence electrons. The summed E-state index contributed by atoms with van der Waals surface area (Å²) < 4.78 is 0. The molecule has 0 amide bonds. The number of halogens is 1. The van der Waals surface area contributed by atoms with Crippen molar-refractivity contribution in [2.24, 2.45) is 0 Å². The number of anilines is 1. The Labute approximate surface area is 123 Å². The molecule has 20 heavy (non-hydrogen) atoms. The Morgan fingerprint density at radius 3 is 2.55 bits per heavy atom. The van der Waals surface area contributed by atoms with Gasteiger partial charge < -0.3 is 4.90 Å². The van der Waals surface area contributed by atoms with Crippen LogP contribution in [0.15, 0.2) is 42.5 Å². The first-order valence-electron chi connectivity index (χ1n) is 6.09. The van der Waals surface area contributed by atoms with E-state index in [1.165, 1.54) is 0 Å². The van der Waals surface area contributed by atoms with E-state index in [2.05, 4.69) is 6.07 Å². The Morgan fingerprint density at radius 1 is 1.25 bits per heavy atom. The van der Waals surface area contributed by atoms with Crippen molar-refractivity contribution >= 4 is 23.6 Å². The van der Waals surface area contributed by atoms with Gasteiger partial charge in [-0.15, -0.1) is 0 Å². The molecule has 0 heterocycles. The van der Waals surface area contributed by atoms with Gasteiger partial charge in [0, 0.05) is 24.2 Å². The highest BCUT2D eigenvalue weighted by Gasteiger charge is 2.09. The quantitative estimate of drug-likeness (QED) is 0.805. The molecule has 0 radical (unpaired) electrons. The molecule has 2 rings (SSSR count). The molecule has 3 nitrogen and oxygen atoms in total. The normalized spacial score (nSPS) is 9.85. The Bertz CT molecular complexity index is 659. The summed E-state index contributed by atoms with van der Waals surface area (Å²) in [5.41, 5.74) is 2.89. The van der Waals surface area contributed by atoms with Crippen LogP contribution in [0.5, 0.6) is 0 Å². The zero-order valence-electron chi connectivity index (χ0n) is 11.0. The predicted octanol–water partition coefficient (Wildman–Crippen LogP) is 3.66. The fourth-order valence-corrected chi connectivity index (χ4v) is 2.12. The van der Waals surface area contributed by atoms with Gasteiger partial charge in [0.05, 0.1) is 11.3 Å². The van der Waals surface area contributed by atoms with Crippen molar-refractivity contribution in [2.45, 2.75) is 6.54 Å². The number of benzene rings is 2. The third kappa shape index (κ3) is 3.17. The zero-order chi connectivity index (χ0) is 14.5. The van der Waals surface area contributed by atoms with E-state index >= 15 is 0 Å². The summed E-state index contributed by atoms with van der Waals surface area (Å²) in [6, 6.07) is 14.8. The van der Waals surface area contributed by atoms with Gasteiger partial charge in [0.1, 0.15) is 12.4 Å². The minimum absolute atomic E-state index is 0.492. The lowest BCUT2D eigenvalue weighted by atomic mass is 10.1. The van der Waals surface area contributed by atoms with Crippen LogP contribution in [0.2, 0.25) is 5.02 Å². The zero-order valence-corrected chi connectivity index (χ0v) is 11.8. The molecule has 2 aromatic carbocycles. The molecule has 0 aliphatic heterocycles. The first-order valence-corrected chi connectivity index (χ1v) is 6.46. The van der Waals surface area contributed by atoms with Gasteiger partial charge in [0.2, 0.25) is 0 Å². The fourth-order valence-electron chi connectivity index (χ4n) is 2.00. The average molecular weight is 285 g/mol. The van der Waals surface area contributed by atoms with Gasteiger partial charge in [0.25, 0.3) is 0 Å². The van der Waals surface area contributed by atoms with Gasteiger partial charge in [-0.05, 0) is 35.9 Å². The highest BCUT2D eigenvalue weighted by atomic mass is 35.5. The largest absolute Gasteiger partial charge is 0.369 e. The minimum atomic E-state index is 0.492. The Morgan fingerprint density at radius 2 is 1.95 bits per heavy atom. The summed E-state index contributed by atoms with van der Waals surface area (Å²) in [6.07, 6.45) is 0.740. The molecule has 0 spiro atoms. The molecule has 2 aromatic rings. The van der Waals surface area contributed by atoms with E-state index < -0.39 is 0 Å². The smallest absolute Gasteiger partial charge is 0.150 e. The van der Waals surface area contributed by atoms with E-state index in [9.17, 15) is 10.1 Å². The summed E-state index contributed by atoms with van der Waals surface area (Å²) >= 11 is 5.86. The molecule has 0 N–H and O–H groups in total. The van der Waals surface area contributed by atoms with E-state index in [0.29, 0.717) is 22.7 Å². The molecular weight excluding hydrogens is 272 g/mol. The standard InChI is InChI=1S/C16H13ClN2O/c1-19(10-12-2-5-15(17)6-3-12)16-7-4-13(11-20)8-14(16)9-18/h2-8,11H,10H2,1H3. The lowest BCUT2D eigenvalue weighted by Crippen LogP contribution is -2.17. The second-order valence-corrected chi connectivity index (χ2v) is 4.93. The fraction of sp³-hybridized carbons (Fsp3) is 0.125. The molecule has 0 aliphatic rings. The highest BCUT2D eigenvalue weighted by Crippen LogP contribution is 2.22. The maximum Gasteiger partial charge on any atom is 0.150 e. The Hall–Kier alpha value is -2.31. The van der Waals surface area contributed by atoms with Crippen molar-refractivity contribution < 1.29 is 4.79 Å². The van der Waals surface area contributed by atoms with Crippen molar-refractivity contribution in [3.05, 3.63) is 64.2 Å². The van der Waals surface area contributed by atoms with E-state index in [1.807, 2.05) is 36.2 Å². The molecule has 0 atom stereocenters. The van der Waals surface area contributed by atoms with Crippen LogP contribution in [0, 0.1) is 11.3 Å². The summed E-state index contributed by atoms with van der Waals surface area (Å²) in [7, 11) is 1.91. The van der Waals surface area contributed by atoms with Crippen LogP contribution in [0.25, 0.3) is 0 Å². The second kappa shape index (κ2) is 6.23. The van der Waals surface area contributed by atoms with Crippen molar-refractivity contribution in [3.8, 4) is 6.07 Å². The van der Waals surface area contributed by atoms with Gasteiger partial charge in [-0.3, -0.25) is 4.79 Å². The Kier molecular flexibility index (Phi) is 4.39. The molecule has 0 aromatic heterocycles. The van der Waals surface area contributed by atoms with Crippen LogP contribution in [0.3, 0.4) is 0 Å². The molecule has 0 unspecified atom stereocenters. The number of aldehydes is 1. The lowest BCUT2D eigenvalue weighted by Gasteiger charge is -2.20. The lowest BCUT2D eigenvalue weighted by molar-refractivity contribution is 0.112. The molecule has 0 aliphatic carbocycles. The highest BCUT2D eigenvalue weighted by molar-refractivity contribution is 6.30. The van der Waals surface area contributed by atoms with Gasteiger partial charge in [-0.25, -0.2) is 0 Å². The number of carbonyl (C=O) groups is 1. The van der Waals surface area contributed by atoms with Crippen molar-refractivity contribution in [2.75, 3.05) is 11.9 Å². The van der Waals surface area contributed by atoms with Gasteiger partial charge in [-0.2, -0.15) is 5.26 Å². The first-order chi connectivity index (χ1) is 9.63. The topological polar surface area (TPSA) is 44.1 Å². The van der Waals surface area contributed by atoms with Crippen molar-refractivity contribution in [1.82, 2.24) is 0 Å². The van der Waals surface area contributed by atoms with Crippen molar-refractivity contribution in [1.29, 1.82) is 5.26 Å². The van der Waals surface area contributed by atoms with E-state index in [1.54, 1.807) is 18.2 Å². The maximum absolute atomic E-state index is 10.7. The predicted molar refractivity (Wildman–Crippen MR) is 80.1 cm³/mol.